The minimum Gasteiger partial charge on any atom is -0.467 e. The first-order valence-corrected chi connectivity index (χ1v) is 11.4. The summed E-state index contributed by atoms with van der Waals surface area (Å²) < 4.78 is 10.8. The molecule has 0 spiro atoms. The average molecular weight is 459 g/mol. The Morgan fingerprint density at radius 2 is 1.91 bits per heavy atom. The molecule has 1 amide bonds. The van der Waals surface area contributed by atoms with Gasteiger partial charge in [-0.15, -0.1) is 0 Å². The minimum atomic E-state index is -0.429. The number of piperidine rings is 1. The van der Waals surface area contributed by atoms with E-state index in [0.29, 0.717) is 24.8 Å². The smallest absolute Gasteiger partial charge is 0.407 e. The zero-order valence-electron chi connectivity index (χ0n) is 18.7. The van der Waals surface area contributed by atoms with E-state index in [-0.39, 0.29) is 6.10 Å². The second kappa shape index (κ2) is 10.2. The van der Waals surface area contributed by atoms with Crippen molar-refractivity contribution < 1.29 is 13.9 Å². The molecule has 9 nitrogen and oxygen atoms in total. The van der Waals surface area contributed by atoms with Crippen LogP contribution >= 0.6 is 0 Å². The lowest BCUT2D eigenvalue weighted by molar-refractivity contribution is 0.0823. The van der Waals surface area contributed by atoms with Gasteiger partial charge in [-0.05, 0) is 23.8 Å². The van der Waals surface area contributed by atoms with Crippen LogP contribution in [0.3, 0.4) is 0 Å². The number of carbonyl (C=O) groups excluding carboxylic acids is 1. The highest BCUT2D eigenvalue weighted by Crippen LogP contribution is 2.27. The van der Waals surface area contributed by atoms with Crippen LogP contribution in [0.25, 0.3) is 10.9 Å². The molecule has 1 aromatic carbocycles. The number of benzene rings is 1. The van der Waals surface area contributed by atoms with Gasteiger partial charge in [-0.2, -0.15) is 0 Å². The standard InChI is InChI=1S/C25H26N6O3/c32-25(29-16-20-7-4-14-33-20)34-19-9-12-31(13-10-19)23-21-17-28-24(30-22(21)8-11-26-23)27-15-18-5-2-1-3-6-18/h1-8,11,14,17,19H,9-10,12-13,15-16H2,(H,29,32)(H,27,28,30). The van der Waals surface area contributed by atoms with Gasteiger partial charge in [0.1, 0.15) is 17.7 Å². The zero-order valence-corrected chi connectivity index (χ0v) is 18.7. The molecular formula is C25H26N6O3. The summed E-state index contributed by atoms with van der Waals surface area (Å²) in [6.07, 6.45) is 6.06. The number of carbonyl (C=O) groups is 1. The first-order valence-electron chi connectivity index (χ1n) is 11.4. The van der Waals surface area contributed by atoms with Gasteiger partial charge in [-0.25, -0.2) is 19.7 Å². The van der Waals surface area contributed by atoms with Gasteiger partial charge < -0.3 is 24.7 Å². The number of rotatable bonds is 7. The molecule has 0 atom stereocenters. The van der Waals surface area contributed by atoms with E-state index >= 15 is 0 Å². The molecule has 3 aromatic heterocycles. The summed E-state index contributed by atoms with van der Waals surface area (Å²) in [6.45, 7) is 2.44. The number of nitrogens with one attached hydrogen (secondary N) is 2. The molecule has 0 saturated carbocycles. The lowest BCUT2D eigenvalue weighted by atomic mass is 10.1. The molecule has 9 heteroatoms. The number of fused-ring (bicyclic) bond motifs is 1. The zero-order chi connectivity index (χ0) is 23.2. The number of aromatic nitrogens is 3. The summed E-state index contributed by atoms with van der Waals surface area (Å²) in [6, 6.07) is 15.6. The van der Waals surface area contributed by atoms with Crippen molar-refractivity contribution >= 4 is 28.8 Å². The van der Waals surface area contributed by atoms with Crippen molar-refractivity contribution in [2.24, 2.45) is 0 Å². The van der Waals surface area contributed by atoms with Crippen LogP contribution in [-0.2, 0) is 17.8 Å². The second-order valence-electron chi connectivity index (χ2n) is 8.12. The van der Waals surface area contributed by atoms with Crippen molar-refractivity contribution in [3.63, 3.8) is 0 Å². The number of furan rings is 1. The minimum absolute atomic E-state index is 0.132. The number of hydrogen-bond donors (Lipinski definition) is 2. The molecule has 0 radical (unpaired) electrons. The summed E-state index contributed by atoms with van der Waals surface area (Å²) in [4.78, 5) is 28.0. The summed E-state index contributed by atoms with van der Waals surface area (Å²) in [5.41, 5.74) is 2.01. The molecule has 0 aliphatic carbocycles. The quantitative estimate of drug-likeness (QED) is 0.426. The van der Waals surface area contributed by atoms with Crippen LogP contribution in [0.4, 0.5) is 16.6 Å². The van der Waals surface area contributed by atoms with Crippen molar-refractivity contribution in [1.29, 1.82) is 0 Å². The lowest BCUT2D eigenvalue weighted by Crippen LogP contribution is -2.40. The van der Waals surface area contributed by atoms with Crippen molar-refractivity contribution in [3.8, 4) is 0 Å². The number of hydrogen-bond acceptors (Lipinski definition) is 8. The highest BCUT2D eigenvalue weighted by atomic mass is 16.6. The first kappa shape index (κ1) is 21.7. The molecule has 4 aromatic rings. The summed E-state index contributed by atoms with van der Waals surface area (Å²) in [5, 5.41) is 6.91. The van der Waals surface area contributed by atoms with E-state index in [9.17, 15) is 4.79 Å². The molecule has 174 valence electrons. The third-order valence-electron chi connectivity index (χ3n) is 5.78. The van der Waals surface area contributed by atoms with Gasteiger partial charge in [0.05, 0.1) is 23.7 Å². The Labute approximate surface area is 197 Å². The number of anilines is 2. The molecular weight excluding hydrogens is 432 g/mol. The molecule has 2 N–H and O–H groups in total. The fourth-order valence-corrected chi connectivity index (χ4v) is 4.01. The van der Waals surface area contributed by atoms with E-state index in [2.05, 4.69) is 42.6 Å². The molecule has 1 aliphatic heterocycles. The molecule has 1 saturated heterocycles. The first-order chi connectivity index (χ1) is 16.7. The van der Waals surface area contributed by atoms with Gasteiger partial charge in [0.2, 0.25) is 5.95 Å². The van der Waals surface area contributed by atoms with Gasteiger partial charge in [-0.1, -0.05) is 30.3 Å². The van der Waals surface area contributed by atoms with Gasteiger partial charge in [0, 0.05) is 44.9 Å². The number of amides is 1. The normalized spacial score (nSPS) is 14.2. The lowest BCUT2D eigenvalue weighted by Gasteiger charge is -2.32. The van der Waals surface area contributed by atoms with Crippen LogP contribution in [0, 0.1) is 0 Å². The van der Waals surface area contributed by atoms with Crippen molar-refractivity contribution in [2.75, 3.05) is 23.3 Å². The summed E-state index contributed by atoms with van der Waals surface area (Å²) in [5.74, 6) is 2.13. The topological polar surface area (TPSA) is 105 Å². The Bertz CT molecular complexity index is 1220. The largest absolute Gasteiger partial charge is 0.467 e. The third-order valence-corrected chi connectivity index (χ3v) is 5.78. The van der Waals surface area contributed by atoms with Gasteiger partial charge >= 0.3 is 6.09 Å². The van der Waals surface area contributed by atoms with Crippen LogP contribution in [0.15, 0.2) is 71.6 Å². The van der Waals surface area contributed by atoms with Crippen LogP contribution in [0.2, 0.25) is 0 Å². The van der Waals surface area contributed by atoms with E-state index in [0.717, 1.165) is 42.7 Å². The van der Waals surface area contributed by atoms with Crippen molar-refractivity contribution in [1.82, 2.24) is 20.3 Å². The number of ether oxygens (including phenoxy) is 1. The molecule has 1 fully saturated rings. The van der Waals surface area contributed by atoms with E-state index in [1.807, 2.05) is 36.5 Å². The Hall–Kier alpha value is -4.14. The summed E-state index contributed by atoms with van der Waals surface area (Å²) in [7, 11) is 0. The van der Waals surface area contributed by atoms with Gasteiger partial charge in [0.25, 0.3) is 0 Å². The van der Waals surface area contributed by atoms with Crippen LogP contribution < -0.4 is 15.5 Å². The van der Waals surface area contributed by atoms with E-state index in [4.69, 9.17) is 9.15 Å². The highest BCUT2D eigenvalue weighted by Gasteiger charge is 2.24. The van der Waals surface area contributed by atoms with E-state index < -0.39 is 6.09 Å². The van der Waals surface area contributed by atoms with E-state index in [1.54, 1.807) is 18.5 Å². The fraction of sp³-hybridized carbons (Fsp3) is 0.280. The predicted octanol–water partition coefficient (Wildman–Crippen LogP) is 4.13. The van der Waals surface area contributed by atoms with Crippen molar-refractivity contribution in [3.05, 3.63) is 78.5 Å². The van der Waals surface area contributed by atoms with Gasteiger partial charge in [0.15, 0.2) is 0 Å². The Morgan fingerprint density at radius 3 is 2.71 bits per heavy atom. The Balaban J connectivity index is 1.17. The highest BCUT2D eigenvalue weighted by molar-refractivity contribution is 5.89. The van der Waals surface area contributed by atoms with Crippen LogP contribution in [-0.4, -0.2) is 40.2 Å². The maximum atomic E-state index is 12.1. The monoisotopic (exact) mass is 458 g/mol. The molecule has 34 heavy (non-hydrogen) atoms. The Morgan fingerprint density at radius 1 is 1.06 bits per heavy atom. The fourth-order valence-electron chi connectivity index (χ4n) is 4.01. The van der Waals surface area contributed by atoms with Crippen LogP contribution in [0.5, 0.6) is 0 Å². The average Bonchev–Trinajstić information content (AvgIpc) is 3.41. The molecule has 5 rings (SSSR count). The SMILES string of the molecule is O=C(NCc1ccco1)OC1CCN(c2nccc3nc(NCc4ccccc4)ncc23)CC1. The van der Waals surface area contributed by atoms with Gasteiger partial charge in [-0.3, -0.25) is 0 Å². The predicted molar refractivity (Wildman–Crippen MR) is 128 cm³/mol. The maximum Gasteiger partial charge on any atom is 0.407 e. The number of pyridine rings is 1. The van der Waals surface area contributed by atoms with Crippen LogP contribution in [0.1, 0.15) is 24.2 Å². The Kier molecular flexibility index (Phi) is 6.51. The van der Waals surface area contributed by atoms with Crippen molar-refractivity contribution in [2.45, 2.75) is 32.0 Å². The maximum absolute atomic E-state index is 12.1. The molecule has 0 bridgehead atoms. The molecule has 0 unspecified atom stereocenters. The summed E-state index contributed by atoms with van der Waals surface area (Å²) >= 11 is 0. The second-order valence-corrected chi connectivity index (χ2v) is 8.12. The third kappa shape index (κ3) is 5.25. The molecule has 4 heterocycles. The number of alkyl carbamates (subject to hydrolysis) is 1. The number of nitrogens with zero attached hydrogens (tertiary/aromatic N) is 4. The van der Waals surface area contributed by atoms with E-state index in [1.165, 1.54) is 5.56 Å². The molecule has 1 aliphatic rings.